The van der Waals surface area contributed by atoms with Gasteiger partial charge in [0.2, 0.25) is 0 Å². The van der Waals surface area contributed by atoms with E-state index in [4.69, 9.17) is 11.6 Å². The SMILES string of the molecule is CC(CCCl)CCN(C)CCC(F)(F)F. The Hall–Kier alpha value is 0.0400. The molecule has 0 aliphatic carbocycles. The fraction of sp³-hybridized carbons (Fsp3) is 1.00. The van der Waals surface area contributed by atoms with E-state index in [2.05, 4.69) is 6.92 Å². The molecule has 0 radical (unpaired) electrons. The molecule has 0 bridgehead atoms. The zero-order chi connectivity index (χ0) is 11.9. The normalized spacial score (nSPS) is 14.6. The highest BCUT2D eigenvalue weighted by molar-refractivity contribution is 6.17. The summed E-state index contributed by atoms with van der Waals surface area (Å²) in [5.74, 6) is 1.10. The van der Waals surface area contributed by atoms with Gasteiger partial charge in [-0.25, -0.2) is 0 Å². The number of hydrogen-bond acceptors (Lipinski definition) is 1. The van der Waals surface area contributed by atoms with Gasteiger partial charge in [-0.05, 0) is 32.4 Å². The summed E-state index contributed by atoms with van der Waals surface area (Å²) in [6.45, 7) is 2.85. The van der Waals surface area contributed by atoms with Crippen molar-refractivity contribution in [2.24, 2.45) is 5.92 Å². The van der Waals surface area contributed by atoms with Gasteiger partial charge < -0.3 is 4.90 Å². The van der Waals surface area contributed by atoms with Crippen molar-refractivity contribution in [1.82, 2.24) is 4.90 Å². The quantitative estimate of drug-likeness (QED) is 0.621. The van der Waals surface area contributed by atoms with Crippen LogP contribution in [-0.4, -0.2) is 37.1 Å². The lowest BCUT2D eigenvalue weighted by Gasteiger charge is -2.19. The minimum Gasteiger partial charge on any atom is -0.306 e. The van der Waals surface area contributed by atoms with E-state index in [9.17, 15) is 13.2 Å². The third kappa shape index (κ3) is 10.3. The number of halogens is 4. The van der Waals surface area contributed by atoms with E-state index in [1.807, 2.05) is 0 Å². The molecule has 1 nitrogen and oxygen atoms in total. The minimum absolute atomic E-state index is 0.0805. The first-order valence-corrected chi connectivity index (χ1v) is 5.70. The van der Waals surface area contributed by atoms with Crippen LogP contribution in [0.4, 0.5) is 13.2 Å². The lowest BCUT2D eigenvalue weighted by Crippen LogP contribution is -2.26. The number of alkyl halides is 4. The van der Waals surface area contributed by atoms with Crippen LogP contribution in [0.5, 0.6) is 0 Å². The molecule has 1 atom stereocenters. The molecule has 5 heteroatoms. The van der Waals surface area contributed by atoms with Gasteiger partial charge in [-0.2, -0.15) is 13.2 Å². The second kappa shape index (κ2) is 7.34. The molecule has 15 heavy (non-hydrogen) atoms. The molecule has 0 aromatic rings. The standard InChI is InChI=1S/C10H19ClF3N/c1-9(3-6-11)4-7-15(2)8-5-10(12,13)14/h9H,3-8H2,1-2H3. The molecule has 0 saturated carbocycles. The van der Waals surface area contributed by atoms with Crippen LogP contribution >= 0.6 is 11.6 Å². The van der Waals surface area contributed by atoms with Gasteiger partial charge in [-0.3, -0.25) is 0 Å². The van der Waals surface area contributed by atoms with Crippen LogP contribution in [0, 0.1) is 5.92 Å². The molecule has 0 amide bonds. The van der Waals surface area contributed by atoms with Crippen LogP contribution in [-0.2, 0) is 0 Å². The molecule has 0 spiro atoms. The predicted molar refractivity (Wildman–Crippen MR) is 57.3 cm³/mol. The highest BCUT2D eigenvalue weighted by Gasteiger charge is 2.26. The Labute approximate surface area is 94.6 Å². The van der Waals surface area contributed by atoms with Crippen molar-refractivity contribution in [3.63, 3.8) is 0 Å². The maximum atomic E-state index is 11.9. The van der Waals surface area contributed by atoms with E-state index >= 15 is 0 Å². The summed E-state index contributed by atoms with van der Waals surface area (Å²) >= 11 is 5.57. The van der Waals surface area contributed by atoms with Crippen LogP contribution in [0.2, 0.25) is 0 Å². The molecule has 92 valence electrons. The maximum absolute atomic E-state index is 11.9. The van der Waals surface area contributed by atoms with Crippen molar-refractivity contribution in [1.29, 1.82) is 0 Å². The Morgan fingerprint density at radius 2 is 1.80 bits per heavy atom. The fourth-order valence-electron chi connectivity index (χ4n) is 1.20. The first-order valence-electron chi connectivity index (χ1n) is 5.16. The summed E-state index contributed by atoms with van der Waals surface area (Å²) in [5.41, 5.74) is 0. The number of rotatable bonds is 7. The van der Waals surface area contributed by atoms with Crippen LogP contribution in [0.25, 0.3) is 0 Å². The van der Waals surface area contributed by atoms with Gasteiger partial charge in [-0.15, -0.1) is 11.6 Å². The van der Waals surface area contributed by atoms with Gasteiger partial charge in [0.1, 0.15) is 0 Å². The van der Waals surface area contributed by atoms with Crippen molar-refractivity contribution in [3.8, 4) is 0 Å². The summed E-state index contributed by atoms with van der Waals surface area (Å²) in [6, 6.07) is 0. The van der Waals surface area contributed by atoms with Gasteiger partial charge in [0.25, 0.3) is 0 Å². The van der Waals surface area contributed by atoms with Crippen LogP contribution in [0.3, 0.4) is 0 Å². The largest absolute Gasteiger partial charge is 0.390 e. The van der Waals surface area contributed by atoms with Gasteiger partial charge in [0.05, 0.1) is 6.42 Å². The summed E-state index contributed by atoms with van der Waals surface area (Å²) in [6.07, 6.45) is -2.95. The molecule has 0 aliphatic rings. The van der Waals surface area contributed by atoms with E-state index in [1.165, 1.54) is 0 Å². The lowest BCUT2D eigenvalue weighted by molar-refractivity contribution is -0.137. The summed E-state index contributed by atoms with van der Waals surface area (Å²) in [5, 5.41) is 0. The lowest BCUT2D eigenvalue weighted by atomic mass is 10.1. The van der Waals surface area contributed by atoms with Crippen molar-refractivity contribution >= 4 is 11.6 Å². The third-order valence-electron chi connectivity index (χ3n) is 2.38. The maximum Gasteiger partial charge on any atom is 0.390 e. The van der Waals surface area contributed by atoms with Gasteiger partial charge in [0, 0.05) is 12.4 Å². The topological polar surface area (TPSA) is 3.24 Å². The second-order valence-electron chi connectivity index (χ2n) is 4.04. The summed E-state index contributed by atoms with van der Waals surface area (Å²) < 4.78 is 35.7. The highest BCUT2D eigenvalue weighted by Crippen LogP contribution is 2.19. The highest BCUT2D eigenvalue weighted by atomic mass is 35.5. The minimum atomic E-state index is -4.05. The molecular weight excluding hydrogens is 227 g/mol. The van der Waals surface area contributed by atoms with Crippen molar-refractivity contribution in [3.05, 3.63) is 0 Å². The molecular formula is C10H19ClF3N. The molecule has 0 aromatic carbocycles. The Bertz CT molecular complexity index is 161. The van der Waals surface area contributed by atoms with E-state index < -0.39 is 12.6 Å². The number of hydrogen-bond donors (Lipinski definition) is 0. The summed E-state index contributed by atoms with van der Waals surface area (Å²) in [4.78, 5) is 1.72. The molecule has 0 rings (SSSR count). The second-order valence-corrected chi connectivity index (χ2v) is 4.42. The van der Waals surface area contributed by atoms with Gasteiger partial charge >= 0.3 is 6.18 Å². The molecule has 0 aliphatic heterocycles. The first kappa shape index (κ1) is 15.0. The third-order valence-corrected chi connectivity index (χ3v) is 2.60. The molecule has 0 saturated heterocycles. The van der Waals surface area contributed by atoms with Crippen LogP contribution in [0.15, 0.2) is 0 Å². The first-order chi connectivity index (χ1) is 6.85. The van der Waals surface area contributed by atoms with E-state index in [1.54, 1.807) is 11.9 Å². The van der Waals surface area contributed by atoms with Crippen LogP contribution in [0.1, 0.15) is 26.2 Å². The summed E-state index contributed by atoms with van der Waals surface area (Å²) in [7, 11) is 1.72. The Kier molecular flexibility index (Phi) is 7.36. The molecule has 0 aromatic heterocycles. The zero-order valence-corrected chi connectivity index (χ0v) is 10.0. The Morgan fingerprint density at radius 3 is 2.27 bits per heavy atom. The van der Waals surface area contributed by atoms with E-state index in [0.717, 1.165) is 12.8 Å². The number of nitrogens with zero attached hydrogens (tertiary/aromatic N) is 1. The average Bonchev–Trinajstić information content (AvgIpc) is 2.11. The van der Waals surface area contributed by atoms with Crippen molar-refractivity contribution in [2.75, 3.05) is 26.0 Å². The average molecular weight is 246 g/mol. The Balaban J connectivity index is 3.53. The van der Waals surface area contributed by atoms with E-state index in [0.29, 0.717) is 18.3 Å². The zero-order valence-electron chi connectivity index (χ0n) is 9.28. The Morgan fingerprint density at radius 1 is 1.20 bits per heavy atom. The predicted octanol–water partition coefficient (Wildman–Crippen LogP) is 3.53. The molecule has 0 heterocycles. The van der Waals surface area contributed by atoms with Crippen molar-refractivity contribution < 1.29 is 13.2 Å². The smallest absolute Gasteiger partial charge is 0.306 e. The van der Waals surface area contributed by atoms with E-state index in [-0.39, 0.29) is 6.54 Å². The monoisotopic (exact) mass is 245 g/mol. The molecule has 1 unspecified atom stereocenters. The van der Waals surface area contributed by atoms with Gasteiger partial charge in [-0.1, -0.05) is 6.92 Å². The van der Waals surface area contributed by atoms with Crippen molar-refractivity contribution in [2.45, 2.75) is 32.4 Å². The molecule has 0 fully saturated rings. The van der Waals surface area contributed by atoms with Crippen LogP contribution < -0.4 is 0 Å². The van der Waals surface area contributed by atoms with Gasteiger partial charge in [0.15, 0.2) is 0 Å². The fourth-order valence-corrected chi connectivity index (χ4v) is 1.57. The molecule has 0 N–H and O–H groups in total.